The van der Waals surface area contributed by atoms with Gasteiger partial charge in [-0.15, -0.1) is 0 Å². The molecule has 0 spiro atoms. The monoisotopic (exact) mass is 229 g/mol. The van der Waals surface area contributed by atoms with Gasteiger partial charge in [-0.2, -0.15) is 0 Å². The number of carbonyl (C=O) groups is 1. The zero-order chi connectivity index (χ0) is 12.3. The zero-order valence-corrected chi connectivity index (χ0v) is 9.68. The van der Waals surface area contributed by atoms with Crippen LogP contribution in [0.15, 0.2) is 42.5 Å². The van der Waals surface area contributed by atoms with Crippen LogP contribution in [0.5, 0.6) is 0 Å². The number of fused-ring (bicyclic) bond motifs is 1. The van der Waals surface area contributed by atoms with E-state index in [0.717, 1.165) is 5.56 Å². The first-order valence-corrected chi connectivity index (χ1v) is 5.60. The van der Waals surface area contributed by atoms with Gasteiger partial charge in [0, 0.05) is 6.54 Å². The van der Waals surface area contributed by atoms with Gasteiger partial charge in [-0.05, 0) is 29.3 Å². The first-order chi connectivity index (χ1) is 8.16. The largest absolute Gasteiger partial charge is 0.480 e. The number of hydrogen-bond donors (Lipinski definition) is 2. The predicted octanol–water partition coefficient (Wildman–Crippen LogP) is 2.40. The molecule has 88 valence electrons. The SMILES string of the molecule is CC(NCc1ccc2ccccc2c1)C(=O)O. The van der Waals surface area contributed by atoms with Crippen molar-refractivity contribution in [2.24, 2.45) is 0 Å². The minimum atomic E-state index is -0.828. The number of nitrogens with one attached hydrogen (secondary N) is 1. The van der Waals surface area contributed by atoms with Gasteiger partial charge >= 0.3 is 5.97 Å². The number of carboxylic acid groups (broad SMARTS) is 1. The smallest absolute Gasteiger partial charge is 0.320 e. The highest BCUT2D eigenvalue weighted by atomic mass is 16.4. The third kappa shape index (κ3) is 2.82. The molecule has 2 rings (SSSR count). The minimum absolute atomic E-state index is 0.526. The summed E-state index contributed by atoms with van der Waals surface area (Å²) < 4.78 is 0. The summed E-state index contributed by atoms with van der Waals surface area (Å²) in [5, 5.41) is 14.1. The zero-order valence-electron chi connectivity index (χ0n) is 9.68. The van der Waals surface area contributed by atoms with E-state index in [1.165, 1.54) is 10.8 Å². The second-order valence-electron chi connectivity index (χ2n) is 4.12. The standard InChI is InChI=1S/C14H15NO2/c1-10(14(16)17)15-9-11-6-7-12-4-2-3-5-13(12)8-11/h2-8,10,15H,9H2,1H3,(H,16,17). The topological polar surface area (TPSA) is 49.3 Å². The normalized spacial score (nSPS) is 12.5. The quantitative estimate of drug-likeness (QED) is 0.846. The van der Waals surface area contributed by atoms with Crippen LogP contribution in [-0.4, -0.2) is 17.1 Å². The number of hydrogen-bond acceptors (Lipinski definition) is 2. The Labute approximate surface area is 100 Å². The van der Waals surface area contributed by atoms with Gasteiger partial charge in [0.1, 0.15) is 6.04 Å². The fraction of sp³-hybridized carbons (Fsp3) is 0.214. The maximum atomic E-state index is 10.7. The van der Waals surface area contributed by atoms with Crippen LogP contribution >= 0.6 is 0 Å². The molecule has 0 heterocycles. The van der Waals surface area contributed by atoms with Gasteiger partial charge in [0.25, 0.3) is 0 Å². The Bertz CT molecular complexity index is 536. The van der Waals surface area contributed by atoms with E-state index in [2.05, 4.69) is 29.6 Å². The summed E-state index contributed by atoms with van der Waals surface area (Å²) in [6.45, 7) is 2.21. The molecule has 0 aliphatic carbocycles. The minimum Gasteiger partial charge on any atom is -0.480 e. The van der Waals surface area contributed by atoms with Crippen LogP contribution in [0.25, 0.3) is 10.8 Å². The molecule has 0 saturated heterocycles. The average Bonchev–Trinajstić information content (AvgIpc) is 2.35. The van der Waals surface area contributed by atoms with Gasteiger partial charge < -0.3 is 10.4 Å². The third-order valence-electron chi connectivity index (χ3n) is 2.80. The number of aliphatic carboxylic acids is 1. The fourth-order valence-electron chi connectivity index (χ4n) is 1.71. The molecule has 0 fully saturated rings. The van der Waals surface area contributed by atoms with Crippen LogP contribution < -0.4 is 5.32 Å². The van der Waals surface area contributed by atoms with Crippen molar-refractivity contribution in [1.82, 2.24) is 5.32 Å². The number of carboxylic acids is 1. The van der Waals surface area contributed by atoms with E-state index >= 15 is 0 Å². The van der Waals surface area contributed by atoms with Crippen molar-refractivity contribution in [1.29, 1.82) is 0 Å². The van der Waals surface area contributed by atoms with E-state index in [0.29, 0.717) is 6.54 Å². The van der Waals surface area contributed by atoms with Gasteiger partial charge in [0.2, 0.25) is 0 Å². The van der Waals surface area contributed by atoms with Gasteiger partial charge in [0.15, 0.2) is 0 Å². The van der Waals surface area contributed by atoms with Crippen molar-refractivity contribution < 1.29 is 9.90 Å². The van der Waals surface area contributed by atoms with Crippen molar-refractivity contribution in [3.05, 3.63) is 48.0 Å². The maximum absolute atomic E-state index is 10.7. The highest BCUT2D eigenvalue weighted by Gasteiger charge is 2.09. The summed E-state index contributed by atoms with van der Waals surface area (Å²) >= 11 is 0. The van der Waals surface area contributed by atoms with Gasteiger partial charge in [-0.3, -0.25) is 4.79 Å². The molecule has 1 unspecified atom stereocenters. The Morgan fingerprint density at radius 2 is 1.94 bits per heavy atom. The summed E-state index contributed by atoms with van der Waals surface area (Å²) in [5.41, 5.74) is 1.09. The first-order valence-electron chi connectivity index (χ1n) is 5.60. The van der Waals surface area contributed by atoms with E-state index in [1.54, 1.807) is 6.92 Å². The van der Waals surface area contributed by atoms with E-state index in [9.17, 15) is 4.79 Å². The van der Waals surface area contributed by atoms with Crippen LogP contribution in [0.3, 0.4) is 0 Å². The molecular weight excluding hydrogens is 214 g/mol. The van der Waals surface area contributed by atoms with Crippen molar-refractivity contribution >= 4 is 16.7 Å². The molecule has 3 heteroatoms. The molecule has 0 amide bonds. The Morgan fingerprint density at radius 3 is 2.65 bits per heavy atom. The Balaban J connectivity index is 2.12. The lowest BCUT2D eigenvalue weighted by atomic mass is 10.1. The number of rotatable bonds is 4. The second-order valence-corrected chi connectivity index (χ2v) is 4.12. The summed E-state index contributed by atoms with van der Waals surface area (Å²) in [4.78, 5) is 10.7. The van der Waals surface area contributed by atoms with Crippen molar-refractivity contribution in [3.8, 4) is 0 Å². The molecule has 0 aliphatic rings. The van der Waals surface area contributed by atoms with Crippen molar-refractivity contribution in [2.45, 2.75) is 19.5 Å². The van der Waals surface area contributed by atoms with Crippen LogP contribution in [-0.2, 0) is 11.3 Å². The third-order valence-corrected chi connectivity index (χ3v) is 2.80. The lowest BCUT2D eigenvalue weighted by molar-refractivity contribution is -0.139. The first kappa shape index (κ1) is 11.6. The summed E-state index contributed by atoms with van der Waals surface area (Å²) in [7, 11) is 0. The van der Waals surface area contributed by atoms with Crippen LogP contribution in [0.2, 0.25) is 0 Å². The Morgan fingerprint density at radius 1 is 1.24 bits per heavy atom. The highest BCUT2D eigenvalue weighted by molar-refractivity contribution is 5.83. The summed E-state index contributed by atoms with van der Waals surface area (Å²) in [5.74, 6) is -0.828. The molecule has 0 aromatic heterocycles. The molecule has 1 atom stereocenters. The van der Waals surface area contributed by atoms with Crippen LogP contribution in [0, 0.1) is 0 Å². The molecule has 0 bridgehead atoms. The Kier molecular flexibility index (Phi) is 3.40. The number of benzene rings is 2. The van der Waals surface area contributed by atoms with E-state index in [1.807, 2.05) is 18.2 Å². The fourth-order valence-corrected chi connectivity index (χ4v) is 1.71. The Hall–Kier alpha value is -1.87. The molecule has 2 N–H and O–H groups in total. The molecule has 0 saturated carbocycles. The van der Waals surface area contributed by atoms with E-state index in [-0.39, 0.29) is 0 Å². The summed E-state index contributed by atoms with van der Waals surface area (Å²) in [6.07, 6.45) is 0. The molecule has 17 heavy (non-hydrogen) atoms. The molecular formula is C14H15NO2. The molecule has 3 nitrogen and oxygen atoms in total. The molecule has 0 radical (unpaired) electrons. The van der Waals surface area contributed by atoms with Crippen molar-refractivity contribution in [3.63, 3.8) is 0 Å². The van der Waals surface area contributed by atoms with Crippen molar-refractivity contribution in [2.75, 3.05) is 0 Å². The van der Waals surface area contributed by atoms with Crippen LogP contribution in [0.1, 0.15) is 12.5 Å². The molecule has 0 aliphatic heterocycles. The molecule has 2 aromatic carbocycles. The predicted molar refractivity (Wildman–Crippen MR) is 67.9 cm³/mol. The lowest BCUT2D eigenvalue weighted by Gasteiger charge is -2.09. The maximum Gasteiger partial charge on any atom is 0.320 e. The molecule has 2 aromatic rings. The second kappa shape index (κ2) is 4.97. The van der Waals surface area contributed by atoms with E-state index in [4.69, 9.17) is 5.11 Å². The summed E-state index contributed by atoms with van der Waals surface area (Å²) in [6, 6.07) is 13.7. The van der Waals surface area contributed by atoms with Gasteiger partial charge in [-0.25, -0.2) is 0 Å². The van der Waals surface area contributed by atoms with Gasteiger partial charge in [0.05, 0.1) is 0 Å². The lowest BCUT2D eigenvalue weighted by Crippen LogP contribution is -2.33. The van der Waals surface area contributed by atoms with Crippen LogP contribution in [0.4, 0.5) is 0 Å². The average molecular weight is 229 g/mol. The highest BCUT2D eigenvalue weighted by Crippen LogP contribution is 2.15. The van der Waals surface area contributed by atoms with Gasteiger partial charge in [-0.1, -0.05) is 36.4 Å². The van der Waals surface area contributed by atoms with E-state index < -0.39 is 12.0 Å².